The van der Waals surface area contributed by atoms with Gasteiger partial charge in [0, 0.05) is 10.9 Å². The van der Waals surface area contributed by atoms with Gasteiger partial charge in [0.1, 0.15) is 5.69 Å². The lowest BCUT2D eigenvalue weighted by atomic mass is 10.1. The summed E-state index contributed by atoms with van der Waals surface area (Å²) in [6, 6.07) is 5.75. The van der Waals surface area contributed by atoms with E-state index in [9.17, 15) is 9.59 Å². The van der Waals surface area contributed by atoms with E-state index >= 15 is 0 Å². The summed E-state index contributed by atoms with van der Waals surface area (Å²) in [5.41, 5.74) is 1.95. The predicted octanol–water partition coefficient (Wildman–Crippen LogP) is 4.10. The van der Waals surface area contributed by atoms with Crippen LogP contribution in [0.4, 0.5) is 5.69 Å². The number of hydrogen-bond donors (Lipinski definition) is 2. The first kappa shape index (κ1) is 16.5. The molecule has 5 nitrogen and oxygen atoms in total. The highest BCUT2D eigenvalue weighted by molar-refractivity contribution is 9.25. The van der Waals surface area contributed by atoms with E-state index in [0.29, 0.717) is 12.1 Å². The highest BCUT2D eigenvalue weighted by Gasteiger charge is 2.66. The molecule has 0 bridgehead atoms. The molecule has 0 radical (unpaired) electrons. The molecule has 1 aromatic heterocycles. The van der Waals surface area contributed by atoms with Gasteiger partial charge >= 0.3 is 5.97 Å². The van der Waals surface area contributed by atoms with Crippen molar-refractivity contribution in [3.05, 3.63) is 29.5 Å². The number of amides is 1. The van der Waals surface area contributed by atoms with Crippen molar-refractivity contribution < 1.29 is 14.3 Å². The van der Waals surface area contributed by atoms with E-state index in [2.05, 4.69) is 42.2 Å². The van der Waals surface area contributed by atoms with Gasteiger partial charge < -0.3 is 15.0 Å². The maximum absolute atomic E-state index is 12.7. The largest absolute Gasteiger partial charge is 0.464 e. The SMILES string of the molecule is COC(=O)c1[nH]c2ccc(C)cc2c1NC(=O)[C@]1(C)CC1(Br)Br. The van der Waals surface area contributed by atoms with Crippen LogP contribution in [0, 0.1) is 12.3 Å². The number of rotatable bonds is 3. The molecule has 23 heavy (non-hydrogen) atoms. The van der Waals surface area contributed by atoms with E-state index in [0.717, 1.165) is 16.5 Å². The van der Waals surface area contributed by atoms with Gasteiger partial charge in [-0.05, 0) is 32.4 Å². The number of fused-ring (bicyclic) bond motifs is 1. The van der Waals surface area contributed by atoms with Crippen molar-refractivity contribution >= 4 is 60.3 Å². The zero-order valence-electron chi connectivity index (χ0n) is 12.9. The maximum atomic E-state index is 12.7. The molecule has 1 amide bonds. The number of ether oxygens (including phenoxy) is 1. The first-order chi connectivity index (χ1) is 10.7. The number of carbonyl (C=O) groups is 2. The number of anilines is 1. The van der Waals surface area contributed by atoms with E-state index in [-0.39, 0.29) is 11.6 Å². The second kappa shape index (κ2) is 5.34. The lowest BCUT2D eigenvalue weighted by Gasteiger charge is -2.13. The molecule has 1 aliphatic carbocycles. The monoisotopic (exact) mass is 442 g/mol. The third kappa shape index (κ3) is 2.59. The Balaban J connectivity index is 2.06. The number of alkyl halides is 2. The Morgan fingerprint density at radius 2 is 2.00 bits per heavy atom. The molecule has 1 heterocycles. The fraction of sp³-hybridized carbons (Fsp3) is 0.375. The van der Waals surface area contributed by atoms with Crippen LogP contribution in [0.15, 0.2) is 18.2 Å². The number of hydrogen-bond acceptors (Lipinski definition) is 3. The van der Waals surface area contributed by atoms with Crippen LogP contribution < -0.4 is 5.32 Å². The van der Waals surface area contributed by atoms with Crippen LogP contribution in [0.3, 0.4) is 0 Å². The van der Waals surface area contributed by atoms with E-state index < -0.39 is 14.6 Å². The van der Waals surface area contributed by atoms with Gasteiger partial charge in [0.05, 0.1) is 21.4 Å². The number of H-pyrrole nitrogens is 1. The molecule has 1 saturated carbocycles. The molecular weight excluding hydrogens is 428 g/mol. The van der Waals surface area contributed by atoms with Crippen LogP contribution in [0.1, 0.15) is 29.4 Å². The minimum absolute atomic E-state index is 0.154. The summed E-state index contributed by atoms with van der Waals surface area (Å²) in [6.45, 7) is 3.82. The van der Waals surface area contributed by atoms with E-state index in [1.54, 1.807) is 0 Å². The van der Waals surface area contributed by atoms with Crippen molar-refractivity contribution in [3.63, 3.8) is 0 Å². The molecule has 122 valence electrons. The van der Waals surface area contributed by atoms with Crippen molar-refractivity contribution in [2.75, 3.05) is 12.4 Å². The smallest absolute Gasteiger partial charge is 0.356 e. The number of benzene rings is 1. The molecule has 1 fully saturated rings. The summed E-state index contributed by atoms with van der Waals surface area (Å²) < 4.78 is 4.42. The van der Waals surface area contributed by atoms with Crippen LogP contribution in [0.5, 0.6) is 0 Å². The molecule has 3 rings (SSSR count). The predicted molar refractivity (Wildman–Crippen MR) is 96.3 cm³/mol. The van der Waals surface area contributed by atoms with Crippen molar-refractivity contribution in [3.8, 4) is 0 Å². The molecule has 7 heteroatoms. The number of aryl methyl sites for hydroxylation is 1. The fourth-order valence-corrected chi connectivity index (χ4v) is 4.07. The summed E-state index contributed by atoms with van der Waals surface area (Å²) in [7, 11) is 1.31. The summed E-state index contributed by atoms with van der Waals surface area (Å²) in [4.78, 5) is 27.7. The fourth-order valence-electron chi connectivity index (χ4n) is 2.59. The van der Waals surface area contributed by atoms with Gasteiger partial charge in [-0.3, -0.25) is 4.79 Å². The molecule has 0 spiro atoms. The second-order valence-corrected chi connectivity index (χ2v) is 9.85. The average Bonchev–Trinajstić information content (AvgIpc) is 2.85. The van der Waals surface area contributed by atoms with Crippen LogP contribution >= 0.6 is 31.9 Å². The normalized spacial score (nSPS) is 22.0. The highest BCUT2D eigenvalue weighted by Crippen LogP contribution is 2.66. The number of aromatic amines is 1. The number of aromatic nitrogens is 1. The van der Waals surface area contributed by atoms with Crippen LogP contribution in [0.2, 0.25) is 0 Å². The van der Waals surface area contributed by atoms with E-state index in [1.807, 2.05) is 32.0 Å². The number of esters is 1. The Morgan fingerprint density at radius 1 is 1.35 bits per heavy atom. The standard InChI is InChI=1S/C16H16Br2N2O3/c1-8-4-5-10-9(6-8)11(12(19-10)13(21)23-3)20-14(22)15(2)7-16(15,17)18/h4-6,19H,7H2,1-3H3,(H,20,22)/t15-/m0/s1. The van der Waals surface area contributed by atoms with Crippen molar-refractivity contribution in [1.82, 2.24) is 4.98 Å². The Labute approximate surface area is 150 Å². The zero-order chi connectivity index (χ0) is 17.0. The number of halogens is 2. The Bertz CT molecular complexity index is 828. The second-order valence-electron chi connectivity index (χ2n) is 6.08. The van der Waals surface area contributed by atoms with Gasteiger partial charge in [-0.15, -0.1) is 0 Å². The molecule has 1 aliphatic rings. The van der Waals surface area contributed by atoms with Gasteiger partial charge in [0.15, 0.2) is 0 Å². The van der Waals surface area contributed by atoms with E-state index in [1.165, 1.54) is 7.11 Å². The molecule has 0 unspecified atom stereocenters. The molecule has 1 aromatic carbocycles. The highest BCUT2D eigenvalue weighted by atomic mass is 79.9. The zero-order valence-corrected chi connectivity index (χ0v) is 16.1. The minimum atomic E-state index is -0.576. The summed E-state index contributed by atoms with van der Waals surface area (Å²) >= 11 is 6.98. The summed E-state index contributed by atoms with van der Waals surface area (Å²) in [5, 5.41) is 3.69. The van der Waals surface area contributed by atoms with Crippen LogP contribution in [-0.2, 0) is 9.53 Å². The average molecular weight is 444 g/mol. The van der Waals surface area contributed by atoms with Crippen LogP contribution in [0.25, 0.3) is 10.9 Å². The lowest BCUT2D eigenvalue weighted by molar-refractivity contribution is -0.120. The number of carbonyl (C=O) groups excluding carboxylic acids is 2. The molecular formula is C16H16Br2N2O3. The van der Waals surface area contributed by atoms with Gasteiger partial charge in [0.2, 0.25) is 5.91 Å². The van der Waals surface area contributed by atoms with Crippen molar-refractivity contribution in [2.45, 2.75) is 23.5 Å². The molecule has 2 N–H and O–H groups in total. The quantitative estimate of drug-likeness (QED) is 0.554. The Morgan fingerprint density at radius 3 is 2.57 bits per heavy atom. The minimum Gasteiger partial charge on any atom is -0.464 e. The first-order valence-electron chi connectivity index (χ1n) is 7.09. The lowest BCUT2D eigenvalue weighted by Crippen LogP contribution is -2.26. The number of nitrogens with one attached hydrogen (secondary N) is 2. The molecule has 2 aromatic rings. The van der Waals surface area contributed by atoms with Crippen molar-refractivity contribution in [2.24, 2.45) is 5.41 Å². The van der Waals surface area contributed by atoms with Gasteiger partial charge in [-0.2, -0.15) is 0 Å². The Hall–Kier alpha value is -1.34. The van der Waals surface area contributed by atoms with Crippen molar-refractivity contribution in [1.29, 1.82) is 0 Å². The van der Waals surface area contributed by atoms with Gasteiger partial charge in [-0.25, -0.2) is 4.79 Å². The Kier molecular flexibility index (Phi) is 3.84. The third-order valence-electron chi connectivity index (χ3n) is 4.34. The maximum Gasteiger partial charge on any atom is 0.356 e. The van der Waals surface area contributed by atoms with E-state index in [4.69, 9.17) is 4.74 Å². The van der Waals surface area contributed by atoms with Gasteiger partial charge in [0.25, 0.3) is 0 Å². The first-order valence-corrected chi connectivity index (χ1v) is 8.68. The summed E-state index contributed by atoms with van der Waals surface area (Å²) in [5.74, 6) is -0.669. The number of methoxy groups -OCH3 is 1. The van der Waals surface area contributed by atoms with Crippen LogP contribution in [-0.4, -0.2) is 27.2 Å². The molecule has 0 saturated heterocycles. The molecule has 0 aliphatic heterocycles. The van der Waals surface area contributed by atoms with Gasteiger partial charge in [-0.1, -0.05) is 43.5 Å². The third-order valence-corrected chi connectivity index (χ3v) is 6.65. The molecule has 1 atom stereocenters. The summed E-state index contributed by atoms with van der Waals surface area (Å²) in [6.07, 6.45) is 0.667. The topological polar surface area (TPSA) is 71.2 Å².